The van der Waals surface area contributed by atoms with Crippen LogP contribution in [0.25, 0.3) is 0 Å². The summed E-state index contributed by atoms with van der Waals surface area (Å²) < 4.78 is 5.10. The van der Waals surface area contributed by atoms with Crippen LogP contribution >= 0.6 is 0 Å². The van der Waals surface area contributed by atoms with Gasteiger partial charge in [0.1, 0.15) is 12.3 Å². The molecular formula is C16H14N2O6. The maximum atomic E-state index is 12.1. The first-order valence-electron chi connectivity index (χ1n) is 6.86. The van der Waals surface area contributed by atoms with Crippen LogP contribution in [0.4, 0.5) is 16.2 Å². The molecule has 1 amide bonds. The Bertz CT molecular complexity index is 775. The standard InChI is InChI=1S/C16H14N2O6/c1-17(16(21)24-10-11-5-3-2-4-6-11)13-8-7-12(15(19)20)9-14(13)18(22)23/h2-9H,10H2,1H3,(H,19,20). The van der Waals surface area contributed by atoms with Gasteiger partial charge in [0, 0.05) is 13.1 Å². The van der Waals surface area contributed by atoms with E-state index in [1.807, 2.05) is 6.07 Å². The van der Waals surface area contributed by atoms with Crippen molar-refractivity contribution < 1.29 is 24.4 Å². The van der Waals surface area contributed by atoms with Crippen molar-refractivity contribution in [3.8, 4) is 0 Å². The van der Waals surface area contributed by atoms with Gasteiger partial charge in [-0.2, -0.15) is 0 Å². The summed E-state index contributed by atoms with van der Waals surface area (Å²) in [6.07, 6.45) is -0.787. The molecule has 0 aliphatic heterocycles. The molecule has 0 unspecified atom stereocenters. The van der Waals surface area contributed by atoms with Crippen LogP contribution in [-0.2, 0) is 11.3 Å². The van der Waals surface area contributed by atoms with Crippen LogP contribution in [0.15, 0.2) is 48.5 Å². The summed E-state index contributed by atoms with van der Waals surface area (Å²) in [4.78, 5) is 34.4. The highest BCUT2D eigenvalue weighted by Crippen LogP contribution is 2.29. The van der Waals surface area contributed by atoms with Crippen molar-refractivity contribution in [3.05, 3.63) is 69.8 Å². The molecule has 8 nitrogen and oxygen atoms in total. The van der Waals surface area contributed by atoms with E-state index in [2.05, 4.69) is 0 Å². The minimum Gasteiger partial charge on any atom is -0.478 e. The van der Waals surface area contributed by atoms with E-state index in [1.165, 1.54) is 19.2 Å². The van der Waals surface area contributed by atoms with Gasteiger partial charge in [0.05, 0.1) is 10.5 Å². The Morgan fingerprint density at radius 2 is 1.88 bits per heavy atom. The molecule has 124 valence electrons. The largest absolute Gasteiger partial charge is 0.478 e. The third-order valence-electron chi connectivity index (χ3n) is 3.26. The summed E-state index contributed by atoms with van der Waals surface area (Å²) in [7, 11) is 1.32. The number of aromatic carboxylic acids is 1. The van der Waals surface area contributed by atoms with Gasteiger partial charge >= 0.3 is 12.1 Å². The number of carbonyl (C=O) groups excluding carboxylic acids is 1. The number of nitrogens with zero attached hydrogens (tertiary/aromatic N) is 2. The lowest BCUT2D eigenvalue weighted by Crippen LogP contribution is -2.27. The molecule has 0 spiro atoms. The van der Waals surface area contributed by atoms with E-state index in [0.717, 1.165) is 16.5 Å². The maximum Gasteiger partial charge on any atom is 0.414 e. The van der Waals surface area contributed by atoms with Crippen LogP contribution in [0.3, 0.4) is 0 Å². The highest BCUT2D eigenvalue weighted by atomic mass is 16.6. The van der Waals surface area contributed by atoms with E-state index in [9.17, 15) is 19.7 Å². The fraction of sp³-hybridized carbons (Fsp3) is 0.125. The molecule has 0 saturated carbocycles. The Balaban J connectivity index is 2.18. The molecule has 2 aromatic carbocycles. The van der Waals surface area contributed by atoms with Crippen molar-refractivity contribution in [3.63, 3.8) is 0 Å². The van der Waals surface area contributed by atoms with Crippen LogP contribution in [0.1, 0.15) is 15.9 Å². The van der Waals surface area contributed by atoms with Gasteiger partial charge in [0.15, 0.2) is 0 Å². The normalized spacial score (nSPS) is 10.0. The van der Waals surface area contributed by atoms with Crippen LogP contribution in [0.5, 0.6) is 0 Å². The van der Waals surface area contributed by atoms with Gasteiger partial charge in [-0.1, -0.05) is 30.3 Å². The Kier molecular flexibility index (Phi) is 5.10. The molecule has 2 aromatic rings. The van der Waals surface area contributed by atoms with Gasteiger partial charge in [0.2, 0.25) is 0 Å². The fourth-order valence-corrected chi connectivity index (χ4v) is 2.00. The lowest BCUT2D eigenvalue weighted by atomic mass is 10.1. The first kappa shape index (κ1) is 16.9. The number of nitro groups is 1. The smallest absolute Gasteiger partial charge is 0.414 e. The Morgan fingerprint density at radius 3 is 2.46 bits per heavy atom. The number of ether oxygens (including phenoxy) is 1. The molecule has 1 N–H and O–H groups in total. The monoisotopic (exact) mass is 330 g/mol. The lowest BCUT2D eigenvalue weighted by molar-refractivity contribution is -0.384. The molecule has 0 aromatic heterocycles. The second-order valence-electron chi connectivity index (χ2n) is 4.86. The Labute approximate surface area is 137 Å². The van der Waals surface area contributed by atoms with Gasteiger partial charge in [-0.15, -0.1) is 0 Å². The number of anilines is 1. The molecule has 24 heavy (non-hydrogen) atoms. The van der Waals surface area contributed by atoms with Gasteiger partial charge < -0.3 is 9.84 Å². The second kappa shape index (κ2) is 7.23. The number of hydrogen-bond donors (Lipinski definition) is 1. The van der Waals surface area contributed by atoms with Gasteiger partial charge in [-0.25, -0.2) is 9.59 Å². The number of nitro benzene ring substituents is 1. The van der Waals surface area contributed by atoms with Crippen LogP contribution in [0.2, 0.25) is 0 Å². The number of rotatable bonds is 5. The summed E-state index contributed by atoms with van der Waals surface area (Å²) in [5.74, 6) is -1.29. The first-order chi connectivity index (χ1) is 11.4. The summed E-state index contributed by atoms with van der Waals surface area (Å²) in [6.45, 7) is 0.0189. The number of benzene rings is 2. The molecule has 0 heterocycles. The number of carbonyl (C=O) groups is 2. The molecular weight excluding hydrogens is 316 g/mol. The van der Waals surface area contributed by atoms with Gasteiger partial charge in [-0.05, 0) is 17.7 Å². The highest BCUT2D eigenvalue weighted by Gasteiger charge is 2.24. The number of hydrogen-bond acceptors (Lipinski definition) is 5. The van der Waals surface area contributed by atoms with Crippen molar-refractivity contribution in [1.29, 1.82) is 0 Å². The van der Waals surface area contributed by atoms with E-state index in [0.29, 0.717) is 0 Å². The molecule has 0 bridgehead atoms. The van der Waals surface area contributed by atoms with E-state index < -0.39 is 22.7 Å². The molecule has 0 aliphatic rings. The van der Waals surface area contributed by atoms with Crippen LogP contribution < -0.4 is 4.90 Å². The Hall–Kier alpha value is -3.42. The summed E-state index contributed by atoms with van der Waals surface area (Å²) >= 11 is 0. The molecule has 0 aliphatic carbocycles. The van der Waals surface area contributed by atoms with Crippen LogP contribution in [0, 0.1) is 10.1 Å². The SMILES string of the molecule is CN(C(=O)OCc1ccccc1)c1ccc(C(=O)O)cc1[N+](=O)[O-]. The van der Waals surface area contributed by atoms with Gasteiger partial charge in [-0.3, -0.25) is 15.0 Å². The summed E-state index contributed by atoms with van der Waals surface area (Å²) in [5.41, 5.74) is -0.0106. The molecule has 0 saturated heterocycles. The lowest BCUT2D eigenvalue weighted by Gasteiger charge is -2.17. The van der Waals surface area contributed by atoms with E-state index in [1.54, 1.807) is 24.3 Å². The van der Waals surface area contributed by atoms with E-state index >= 15 is 0 Å². The number of amides is 1. The van der Waals surface area contributed by atoms with Crippen molar-refractivity contribution in [2.24, 2.45) is 0 Å². The average molecular weight is 330 g/mol. The Morgan fingerprint density at radius 1 is 1.21 bits per heavy atom. The molecule has 0 fully saturated rings. The number of carboxylic acids is 1. The topological polar surface area (TPSA) is 110 Å². The zero-order valence-corrected chi connectivity index (χ0v) is 12.7. The first-order valence-corrected chi connectivity index (χ1v) is 6.86. The van der Waals surface area contributed by atoms with E-state index in [4.69, 9.17) is 9.84 Å². The van der Waals surface area contributed by atoms with Crippen LogP contribution in [-0.4, -0.2) is 29.1 Å². The second-order valence-corrected chi connectivity index (χ2v) is 4.86. The highest BCUT2D eigenvalue weighted by molar-refractivity contribution is 5.94. The third kappa shape index (κ3) is 3.86. The predicted octanol–water partition coefficient (Wildman–Crippen LogP) is 3.07. The summed E-state index contributed by atoms with van der Waals surface area (Å²) in [5, 5.41) is 20.0. The molecule has 2 rings (SSSR count). The minimum atomic E-state index is -1.29. The quantitative estimate of drug-likeness (QED) is 0.666. The fourth-order valence-electron chi connectivity index (χ4n) is 2.00. The molecule has 0 radical (unpaired) electrons. The van der Waals surface area contributed by atoms with Crippen molar-refractivity contribution in [2.75, 3.05) is 11.9 Å². The molecule has 8 heteroatoms. The van der Waals surface area contributed by atoms with Crippen molar-refractivity contribution in [2.45, 2.75) is 6.61 Å². The number of carboxylic acid groups (broad SMARTS) is 1. The maximum absolute atomic E-state index is 12.1. The predicted molar refractivity (Wildman–Crippen MR) is 85.1 cm³/mol. The third-order valence-corrected chi connectivity index (χ3v) is 3.26. The van der Waals surface area contributed by atoms with Crippen molar-refractivity contribution >= 4 is 23.4 Å². The zero-order valence-electron chi connectivity index (χ0n) is 12.7. The van der Waals surface area contributed by atoms with Gasteiger partial charge in [0.25, 0.3) is 5.69 Å². The summed E-state index contributed by atoms with van der Waals surface area (Å²) in [6, 6.07) is 12.2. The van der Waals surface area contributed by atoms with Crippen molar-refractivity contribution in [1.82, 2.24) is 0 Å². The minimum absolute atomic E-state index is 0.0189. The zero-order chi connectivity index (χ0) is 17.7. The molecule has 0 atom stereocenters. The average Bonchev–Trinajstić information content (AvgIpc) is 2.59. The van der Waals surface area contributed by atoms with E-state index in [-0.39, 0.29) is 17.9 Å².